The van der Waals surface area contributed by atoms with Crippen molar-refractivity contribution in [1.82, 2.24) is 0 Å². The minimum absolute atomic E-state index is 0.191. The molecule has 0 amide bonds. The molecule has 5 heteroatoms. The average molecular weight is 452 g/mol. The lowest BCUT2D eigenvalue weighted by atomic mass is 9.63. The number of phenols is 1. The van der Waals surface area contributed by atoms with Gasteiger partial charge in [-0.05, 0) is 72.9 Å². The number of aromatic hydroxyl groups is 1. The van der Waals surface area contributed by atoms with Crippen LogP contribution >= 0.6 is 0 Å². The van der Waals surface area contributed by atoms with Crippen molar-refractivity contribution >= 4 is 7.12 Å². The molecule has 33 heavy (non-hydrogen) atoms. The lowest BCUT2D eigenvalue weighted by Crippen LogP contribution is -2.41. The molecule has 0 spiro atoms. The van der Waals surface area contributed by atoms with E-state index in [9.17, 15) is 5.11 Å². The van der Waals surface area contributed by atoms with Gasteiger partial charge < -0.3 is 19.2 Å². The molecule has 1 aliphatic rings. The summed E-state index contributed by atoms with van der Waals surface area (Å²) in [4.78, 5) is 0. The van der Waals surface area contributed by atoms with Crippen molar-refractivity contribution in [3.63, 3.8) is 0 Å². The Morgan fingerprint density at radius 3 is 1.73 bits per heavy atom. The zero-order valence-electron chi connectivity index (χ0n) is 22.3. The first-order valence-corrected chi connectivity index (χ1v) is 11.9. The molecular weight excluding hydrogens is 411 g/mol. The SMILES string of the molecule is COc1cccc(C(B2OC(C)(C)C(C)(C)O2)c2cc(C(C)(C)C)c(O)c(C(C)(C)C)c2)c1. The van der Waals surface area contributed by atoms with Crippen molar-refractivity contribution in [2.75, 3.05) is 7.11 Å². The summed E-state index contributed by atoms with van der Waals surface area (Å²) in [6.45, 7) is 21.1. The second-order valence-corrected chi connectivity index (χ2v) is 12.3. The van der Waals surface area contributed by atoms with Gasteiger partial charge >= 0.3 is 7.12 Å². The van der Waals surface area contributed by atoms with Crippen LogP contribution in [0.4, 0.5) is 0 Å². The molecule has 2 aromatic rings. The number of phenolic OH excluding ortho intramolecular Hbond substituents is 1. The van der Waals surface area contributed by atoms with Gasteiger partial charge in [-0.25, -0.2) is 0 Å². The molecule has 0 bridgehead atoms. The topological polar surface area (TPSA) is 47.9 Å². The van der Waals surface area contributed by atoms with Crippen LogP contribution in [0.1, 0.15) is 97.3 Å². The molecule has 1 fully saturated rings. The van der Waals surface area contributed by atoms with Gasteiger partial charge in [0.15, 0.2) is 0 Å². The van der Waals surface area contributed by atoms with Crippen LogP contribution in [0.2, 0.25) is 0 Å². The van der Waals surface area contributed by atoms with Gasteiger partial charge in [-0.3, -0.25) is 0 Å². The molecule has 0 radical (unpaired) electrons. The summed E-state index contributed by atoms with van der Waals surface area (Å²) >= 11 is 0. The molecule has 1 N–H and O–H groups in total. The Morgan fingerprint density at radius 1 is 0.818 bits per heavy atom. The van der Waals surface area contributed by atoms with Gasteiger partial charge in [0, 0.05) is 5.82 Å². The minimum atomic E-state index is -0.479. The van der Waals surface area contributed by atoms with Gasteiger partial charge in [0.1, 0.15) is 11.5 Å². The molecule has 4 nitrogen and oxygen atoms in total. The molecule has 0 aromatic heterocycles. The van der Waals surface area contributed by atoms with E-state index in [1.807, 2.05) is 12.1 Å². The number of hydrogen-bond acceptors (Lipinski definition) is 4. The maximum absolute atomic E-state index is 11.3. The van der Waals surface area contributed by atoms with Gasteiger partial charge in [0.05, 0.1) is 18.3 Å². The van der Waals surface area contributed by atoms with E-state index in [1.165, 1.54) is 0 Å². The Kier molecular flexibility index (Phi) is 6.49. The zero-order chi connectivity index (χ0) is 25.0. The average Bonchev–Trinajstić information content (AvgIpc) is 2.88. The fourth-order valence-corrected chi connectivity index (χ4v) is 4.35. The van der Waals surface area contributed by atoms with Crippen LogP contribution in [0.25, 0.3) is 0 Å². The van der Waals surface area contributed by atoms with Crippen LogP contribution in [0.15, 0.2) is 36.4 Å². The predicted octanol–water partition coefficient (Wildman–Crippen LogP) is 6.76. The number of hydrogen-bond donors (Lipinski definition) is 1. The van der Waals surface area contributed by atoms with E-state index in [0.717, 1.165) is 28.0 Å². The highest BCUT2D eigenvalue weighted by molar-refractivity contribution is 6.48. The zero-order valence-corrected chi connectivity index (χ0v) is 22.3. The smallest absolute Gasteiger partial charge is 0.470 e. The van der Waals surface area contributed by atoms with Crippen molar-refractivity contribution in [3.8, 4) is 11.5 Å². The molecule has 1 atom stereocenters. The highest BCUT2D eigenvalue weighted by Crippen LogP contribution is 2.46. The second kappa shape index (κ2) is 8.35. The van der Waals surface area contributed by atoms with Gasteiger partial charge in [0.25, 0.3) is 0 Å². The Balaban J connectivity index is 2.29. The van der Waals surface area contributed by atoms with Crippen molar-refractivity contribution in [1.29, 1.82) is 0 Å². The van der Waals surface area contributed by atoms with E-state index in [4.69, 9.17) is 14.0 Å². The van der Waals surface area contributed by atoms with Crippen molar-refractivity contribution in [2.24, 2.45) is 0 Å². The summed E-state index contributed by atoms with van der Waals surface area (Å²) in [6.07, 6.45) is 0. The number of benzene rings is 2. The summed E-state index contributed by atoms with van der Waals surface area (Å²) in [6, 6.07) is 12.3. The first kappa shape index (κ1) is 25.6. The number of rotatable bonds is 4. The Morgan fingerprint density at radius 2 is 1.30 bits per heavy atom. The standard InChI is InChI=1S/C28H41BO4/c1-25(2,3)21-16-19(17-22(24(21)30)26(4,5)6)23(18-13-12-14-20(15-18)31-11)29-32-27(7,8)28(9,10)33-29/h12-17,23,30H,1-11H3. The van der Waals surface area contributed by atoms with Crippen molar-refractivity contribution < 1.29 is 19.2 Å². The van der Waals surface area contributed by atoms with Crippen molar-refractivity contribution in [3.05, 3.63) is 58.7 Å². The van der Waals surface area contributed by atoms with E-state index >= 15 is 0 Å². The first-order chi connectivity index (χ1) is 15.0. The summed E-state index contributed by atoms with van der Waals surface area (Å²) < 4.78 is 18.7. The van der Waals surface area contributed by atoms with Gasteiger partial charge in [-0.1, -0.05) is 65.8 Å². The molecule has 1 heterocycles. The summed E-state index contributed by atoms with van der Waals surface area (Å²) in [5.74, 6) is 0.973. The highest BCUT2D eigenvalue weighted by atomic mass is 16.7. The number of methoxy groups -OCH3 is 1. The Hall–Kier alpha value is -1.98. The van der Waals surface area contributed by atoms with E-state index in [1.54, 1.807) is 7.11 Å². The Labute approximate surface area is 200 Å². The third kappa shape index (κ3) is 4.95. The normalized spacial score (nSPS) is 18.9. The van der Waals surface area contributed by atoms with E-state index < -0.39 is 18.3 Å². The second-order valence-electron chi connectivity index (χ2n) is 12.3. The summed E-state index contributed by atoms with van der Waals surface area (Å²) in [5.41, 5.74) is 2.61. The fourth-order valence-electron chi connectivity index (χ4n) is 4.35. The predicted molar refractivity (Wildman–Crippen MR) is 136 cm³/mol. The van der Waals surface area contributed by atoms with Crippen LogP contribution in [0, 0.1) is 0 Å². The third-order valence-electron chi connectivity index (χ3n) is 7.10. The van der Waals surface area contributed by atoms with E-state index in [0.29, 0.717) is 5.75 Å². The lowest BCUT2D eigenvalue weighted by Gasteiger charge is -2.32. The van der Waals surface area contributed by atoms with Gasteiger partial charge in [-0.15, -0.1) is 0 Å². The fraction of sp³-hybridized carbons (Fsp3) is 0.571. The lowest BCUT2D eigenvalue weighted by molar-refractivity contribution is 0.00578. The quantitative estimate of drug-likeness (QED) is 0.521. The highest BCUT2D eigenvalue weighted by Gasteiger charge is 2.54. The van der Waals surface area contributed by atoms with E-state index in [2.05, 4.69) is 93.5 Å². The van der Waals surface area contributed by atoms with E-state index in [-0.39, 0.29) is 16.6 Å². The monoisotopic (exact) mass is 452 g/mol. The molecule has 0 aliphatic carbocycles. The van der Waals surface area contributed by atoms with Crippen LogP contribution in [-0.2, 0) is 20.1 Å². The maximum Gasteiger partial charge on any atom is 0.470 e. The van der Waals surface area contributed by atoms with Crippen molar-refractivity contribution in [2.45, 2.75) is 97.1 Å². The number of ether oxygens (including phenoxy) is 1. The molecule has 2 aromatic carbocycles. The van der Waals surface area contributed by atoms with Crippen LogP contribution < -0.4 is 4.74 Å². The molecular formula is C28H41BO4. The van der Waals surface area contributed by atoms with Crippen LogP contribution in [0.5, 0.6) is 11.5 Å². The molecule has 180 valence electrons. The summed E-state index contributed by atoms with van der Waals surface area (Å²) in [5, 5.41) is 11.3. The van der Waals surface area contributed by atoms with Gasteiger partial charge in [-0.2, -0.15) is 0 Å². The molecule has 1 saturated heterocycles. The minimum Gasteiger partial charge on any atom is -0.507 e. The van der Waals surface area contributed by atoms with Crippen LogP contribution in [0.3, 0.4) is 0 Å². The molecule has 1 aliphatic heterocycles. The maximum atomic E-state index is 11.3. The Bertz CT molecular complexity index is 960. The largest absolute Gasteiger partial charge is 0.507 e. The van der Waals surface area contributed by atoms with Gasteiger partial charge in [0.2, 0.25) is 0 Å². The molecule has 1 unspecified atom stereocenters. The third-order valence-corrected chi connectivity index (χ3v) is 7.10. The molecule has 0 saturated carbocycles. The summed E-state index contributed by atoms with van der Waals surface area (Å²) in [7, 11) is 1.20. The van der Waals surface area contributed by atoms with Crippen LogP contribution in [-0.4, -0.2) is 30.5 Å². The first-order valence-electron chi connectivity index (χ1n) is 11.9. The molecule has 3 rings (SSSR count).